The van der Waals surface area contributed by atoms with Gasteiger partial charge in [0.25, 0.3) is 0 Å². The lowest BCUT2D eigenvalue weighted by Crippen LogP contribution is -2.33. The first-order chi connectivity index (χ1) is 9.19. The molecule has 0 aromatic carbocycles. The lowest BCUT2D eigenvalue weighted by atomic mass is 10.2. The predicted molar refractivity (Wildman–Crippen MR) is 79.4 cm³/mol. The molecule has 0 fully saturated rings. The second kappa shape index (κ2) is 6.83. The van der Waals surface area contributed by atoms with Gasteiger partial charge >= 0.3 is 6.09 Å². The largest absolute Gasteiger partial charge is 0.444 e. The highest BCUT2D eigenvalue weighted by atomic mass is 32.1. The number of amides is 1. The molecule has 0 atom stereocenters. The average molecular weight is 298 g/mol. The molecule has 0 saturated carbocycles. The number of nitrogens with one attached hydrogen (secondary N) is 1. The molecule has 112 valence electrons. The predicted octanol–water partition coefficient (Wildman–Crippen LogP) is 3.11. The standard InChI is InChI=1S/C14H22N2O3S/c1-9-12(10(2)17)20-11(16-9)7-6-8-15-13(18)19-14(3,4)5/h6-8H2,1-5H3,(H,15,18). The molecule has 5 nitrogen and oxygen atoms in total. The molecule has 0 aliphatic heterocycles. The summed E-state index contributed by atoms with van der Waals surface area (Å²) in [6.07, 6.45) is 1.11. The molecule has 0 radical (unpaired) electrons. The molecule has 0 bridgehead atoms. The molecule has 0 aliphatic carbocycles. The Labute approximate surface area is 123 Å². The van der Waals surface area contributed by atoms with E-state index in [4.69, 9.17) is 4.74 Å². The van der Waals surface area contributed by atoms with Crippen molar-refractivity contribution < 1.29 is 14.3 Å². The number of nitrogens with zero attached hydrogens (tertiary/aromatic N) is 1. The molecule has 6 heteroatoms. The van der Waals surface area contributed by atoms with Gasteiger partial charge in [-0.25, -0.2) is 9.78 Å². The van der Waals surface area contributed by atoms with Crippen LogP contribution in [0.3, 0.4) is 0 Å². The fourth-order valence-electron chi connectivity index (χ4n) is 1.63. The van der Waals surface area contributed by atoms with Gasteiger partial charge in [0, 0.05) is 19.9 Å². The molecular formula is C14H22N2O3S. The van der Waals surface area contributed by atoms with Crippen LogP contribution in [-0.2, 0) is 11.2 Å². The van der Waals surface area contributed by atoms with Crippen molar-refractivity contribution in [3.8, 4) is 0 Å². The van der Waals surface area contributed by atoms with E-state index >= 15 is 0 Å². The fraction of sp³-hybridized carbons (Fsp3) is 0.643. The Morgan fingerprint density at radius 1 is 1.35 bits per heavy atom. The quantitative estimate of drug-likeness (QED) is 0.670. The third-order valence-corrected chi connectivity index (χ3v) is 3.71. The lowest BCUT2D eigenvalue weighted by molar-refractivity contribution is 0.0527. The van der Waals surface area contributed by atoms with Crippen molar-refractivity contribution in [2.45, 2.75) is 53.1 Å². The summed E-state index contributed by atoms with van der Waals surface area (Å²) in [5.74, 6) is 0.0538. The molecule has 1 N–H and O–H groups in total. The number of ether oxygens (including phenoxy) is 1. The van der Waals surface area contributed by atoms with Crippen molar-refractivity contribution in [2.75, 3.05) is 6.54 Å². The van der Waals surface area contributed by atoms with Crippen LogP contribution in [0.5, 0.6) is 0 Å². The first-order valence-electron chi connectivity index (χ1n) is 6.63. The SMILES string of the molecule is CC(=O)c1sc(CCCNC(=O)OC(C)(C)C)nc1C. The molecule has 20 heavy (non-hydrogen) atoms. The zero-order valence-corrected chi connectivity index (χ0v) is 13.5. The number of thiazole rings is 1. The number of carbonyl (C=O) groups is 2. The zero-order chi connectivity index (χ0) is 15.3. The Morgan fingerprint density at radius 2 is 2.00 bits per heavy atom. The average Bonchev–Trinajstić information content (AvgIpc) is 2.64. The molecule has 1 aromatic heterocycles. The van der Waals surface area contributed by atoms with Crippen LogP contribution in [-0.4, -0.2) is 29.0 Å². The Kier molecular flexibility index (Phi) is 5.68. The summed E-state index contributed by atoms with van der Waals surface area (Å²) < 4.78 is 5.14. The highest BCUT2D eigenvalue weighted by molar-refractivity contribution is 7.13. The van der Waals surface area contributed by atoms with Crippen LogP contribution in [0.1, 0.15) is 54.5 Å². The minimum absolute atomic E-state index is 0.0538. The van der Waals surface area contributed by atoms with E-state index in [0.717, 1.165) is 28.4 Å². The highest BCUT2D eigenvalue weighted by Crippen LogP contribution is 2.19. The molecule has 1 aromatic rings. The van der Waals surface area contributed by atoms with Gasteiger partial charge in [-0.3, -0.25) is 4.79 Å². The lowest BCUT2D eigenvalue weighted by Gasteiger charge is -2.19. The monoisotopic (exact) mass is 298 g/mol. The maximum absolute atomic E-state index is 11.4. The third-order valence-electron chi connectivity index (χ3n) is 2.40. The summed E-state index contributed by atoms with van der Waals surface area (Å²) in [6, 6.07) is 0. The van der Waals surface area contributed by atoms with E-state index in [2.05, 4.69) is 10.3 Å². The number of hydrogen-bond acceptors (Lipinski definition) is 5. The van der Waals surface area contributed by atoms with Crippen LogP contribution in [0.2, 0.25) is 0 Å². The molecule has 0 saturated heterocycles. The smallest absolute Gasteiger partial charge is 0.407 e. The number of carbonyl (C=O) groups excluding carboxylic acids is 2. The number of hydrogen-bond donors (Lipinski definition) is 1. The second-order valence-corrected chi connectivity index (χ2v) is 6.69. The minimum Gasteiger partial charge on any atom is -0.444 e. The van der Waals surface area contributed by atoms with Crippen LogP contribution in [0.15, 0.2) is 0 Å². The summed E-state index contributed by atoms with van der Waals surface area (Å²) in [5, 5.41) is 3.63. The van der Waals surface area contributed by atoms with Crippen molar-refractivity contribution in [1.82, 2.24) is 10.3 Å². The van der Waals surface area contributed by atoms with Crippen molar-refractivity contribution in [3.05, 3.63) is 15.6 Å². The van der Waals surface area contributed by atoms with Crippen LogP contribution < -0.4 is 5.32 Å². The molecular weight excluding hydrogens is 276 g/mol. The van der Waals surface area contributed by atoms with E-state index in [9.17, 15) is 9.59 Å². The second-order valence-electron chi connectivity index (χ2n) is 5.61. The van der Waals surface area contributed by atoms with Gasteiger partial charge in [-0.1, -0.05) is 0 Å². The van der Waals surface area contributed by atoms with Crippen molar-refractivity contribution in [1.29, 1.82) is 0 Å². The summed E-state index contributed by atoms with van der Waals surface area (Å²) in [6.45, 7) is 9.41. The van der Waals surface area contributed by atoms with E-state index in [0.29, 0.717) is 6.54 Å². The Bertz CT molecular complexity index is 489. The first-order valence-corrected chi connectivity index (χ1v) is 7.45. The van der Waals surface area contributed by atoms with E-state index < -0.39 is 11.7 Å². The van der Waals surface area contributed by atoms with Gasteiger partial charge in [0.1, 0.15) is 5.60 Å². The van der Waals surface area contributed by atoms with Crippen LogP contribution in [0.4, 0.5) is 4.79 Å². The number of rotatable bonds is 5. The van der Waals surface area contributed by atoms with Crippen LogP contribution in [0, 0.1) is 6.92 Å². The van der Waals surface area contributed by atoms with Gasteiger partial charge in [0.2, 0.25) is 0 Å². The van der Waals surface area contributed by atoms with Crippen molar-refractivity contribution >= 4 is 23.2 Å². The van der Waals surface area contributed by atoms with Gasteiger partial charge in [0.05, 0.1) is 15.6 Å². The number of aryl methyl sites for hydroxylation is 2. The van der Waals surface area contributed by atoms with Crippen molar-refractivity contribution in [3.63, 3.8) is 0 Å². The zero-order valence-electron chi connectivity index (χ0n) is 12.7. The van der Waals surface area contributed by atoms with Gasteiger partial charge in [-0.05, 0) is 34.1 Å². The molecule has 0 unspecified atom stereocenters. The molecule has 0 spiro atoms. The summed E-state index contributed by atoms with van der Waals surface area (Å²) in [5.41, 5.74) is 0.310. The highest BCUT2D eigenvalue weighted by Gasteiger charge is 2.15. The fourth-order valence-corrected chi connectivity index (χ4v) is 2.63. The normalized spacial score (nSPS) is 11.2. The Hall–Kier alpha value is -1.43. The molecule has 1 heterocycles. The van der Waals surface area contributed by atoms with Crippen molar-refractivity contribution in [2.24, 2.45) is 0 Å². The van der Waals surface area contributed by atoms with Gasteiger partial charge < -0.3 is 10.1 Å². The third kappa shape index (κ3) is 5.69. The number of alkyl carbamates (subject to hydrolysis) is 1. The number of Topliss-reactive ketones (excluding diaryl/α,β-unsaturated/α-hetero) is 1. The van der Waals surface area contributed by atoms with Gasteiger partial charge in [-0.15, -0.1) is 11.3 Å². The van der Waals surface area contributed by atoms with E-state index in [1.54, 1.807) is 6.92 Å². The van der Waals surface area contributed by atoms with E-state index in [1.165, 1.54) is 11.3 Å². The first kappa shape index (κ1) is 16.6. The van der Waals surface area contributed by atoms with Crippen LogP contribution in [0.25, 0.3) is 0 Å². The van der Waals surface area contributed by atoms with E-state index in [-0.39, 0.29) is 5.78 Å². The Balaban J connectivity index is 2.33. The van der Waals surface area contributed by atoms with Gasteiger partial charge in [-0.2, -0.15) is 0 Å². The maximum Gasteiger partial charge on any atom is 0.407 e. The number of aromatic nitrogens is 1. The maximum atomic E-state index is 11.4. The molecule has 0 aliphatic rings. The van der Waals surface area contributed by atoms with E-state index in [1.807, 2.05) is 27.7 Å². The summed E-state index contributed by atoms with van der Waals surface area (Å²) in [4.78, 5) is 27.8. The number of ketones is 1. The molecule has 1 amide bonds. The summed E-state index contributed by atoms with van der Waals surface area (Å²) in [7, 11) is 0. The summed E-state index contributed by atoms with van der Waals surface area (Å²) >= 11 is 1.43. The molecule has 1 rings (SSSR count). The van der Waals surface area contributed by atoms with Crippen LogP contribution >= 0.6 is 11.3 Å². The minimum atomic E-state index is -0.479. The Morgan fingerprint density at radius 3 is 2.50 bits per heavy atom. The topological polar surface area (TPSA) is 68.3 Å². The van der Waals surface area contributed by atoms with Gasteiger partial charge in [0.15, 0.2) is 5.78 Å².